The zero-order valence-electron chi connectivity index (χ0n) is 12.1. The molecule has 0 heterocycles. The Bertz CT molecular complexity index is 687. The number of carbonyl (C=O) groups is 1. The number of nitrogens with two attached hydrogens (primary N) is 1. The van der Waals surface area contributed by atoms with Crippen LogP contribution >= 0.6 is 0 Å². The number of nitrogens with one attached hydrogen (secondary N) is 1. The van der Waals surface area contributed by atoms with Crippen molar-refractivity contribution in [3.8, 4) is 11.8 Å². The minimum atomic E-state index is -3.80. The van der Waals surface area contributed by atoms with Gasteiger partial charge in [0.1, 0.15) is 6.04 Å². The number of rotatable bonds is 4. The molecule has 21 heavy (non-hydrogen) atoms. The van der Waals surface area contributed by atoms with Crippen LogP contribution in [0, 0.1) is 18.8 Å². The zero-order valence-corrected chi connectivity index (χ0v) is 13.0. The molecule has 1 atom stereocenters. The van der Waals surface area contributed by atoms with E-state index in [0.29, 0.717) is 11.1 Å². The van der Waals surface area contributed by atoms with Crippen LogP contribution in [-0.2, 0) is 19.6 Å². The number of esters is 1. The second-order valence-electron chi connectivity index (χ2n) is 4.35. The SMILES string of the molecule is COC(=O)C(C)NS(=O)(=O)c1ccc(C#CCN)c(C)c1. The van der Waals surface area contributed by atoms with Gasteiger partial charge in [0, 0.05) is 5.56 Å². The summed E-state index contributed by atoms with van der Waals surface area (Å²) in [6, 6.07) is 3.57. The van der Waals surface area contributed by atoms with Gasteiger partial charge in [-0.15, -0.1) is 0 Å². The zero-order chi connectivity index (χ0) is 16.0. The molecule has 6 nitrogen and oxygen atoms in total. The van der Waals surface area contributed by atoms with Gasteiger partial charge in [0.15, 0.2) is 0 Å². The monoisotopic (exact) mass is 310 g/mol. The summed E-state index contributed by atoms with van der Waals surface area (Å²) in [5.41, 5.74) is 6.72. The summed E-state index contributed by atoms with van der Waals surface area (Å²) in [4.78, 5) is 11.3. The van der Waals surface area contributed by atoms with Crippen LogP contribution in [0.15, 0.2) is 23.1 Å². The van der Waals surface area contributed by atoms with Gasteiger partial charge in [-0.1, -0.05) is 11.8 Å². The summed E-state index contributed by atoms with van der Waals surface area (Å²) >= 11 is 0. The average Bonchev–Trinajstić information content (AvgIpc) is 2.44. The topological polar surface area (TPSA) is 98.5 Å². The fourth-order valence-corrected chi connectivity index (χ4v) is 2.89. The van der Waals surface area contributed by atoms with Crippen molar-refractivity contribution >= 4 is 16.0 Å². The fourth-order valence-electron chi connectivity index (χ4n) is 1.62. The average molecular weight is 310 g/mol. The minimum absolute atomic E-state index is 0.0639. The quantitative estimate of drug-likeness (QED) is 0.609. The van der Waals surface area contributed by atoms with Crippen molar-refractivity contribution in [3.63, 3.8) is 0 Å². The summed E-state index contributed by atoms with van der Waals surface area (Å²) in [7, 11) is -2.60. The molecule has 0 aliphatic heterocycles. The van der Waals surface area contributed by atoms with Crippen LogP contribution in [-0.4, -0.2) is 34.1 Å². The Morgan fingerprint density at radius 3 is 2.67 bits per heavy atom. The van der Waals surface area contributed by atoms with Crippen molar-refractivity contribution in [2.24, 2.45) is 5.73 Å². The second-order valence-corrected chi connectivity index (χ2v) is 6.06. The summed E-state index contributed by atoms with van der Waals surface area (Å²) in [6.45, 7) is 3.40. The molecule has 3 N–H and O–H groups in total. The molecule has 0 radical (unpaired) electrons. The van der Waals surface area contributed by atoms with Gasteiger partial charge in [-0.3, -0.25) is 4.79 Å². The molecule has 0 spiro atoms. The van der Waals surface area contributed by atoms with Crippen molar-refractivity contribution in [3.05, 3.63) is 29.3 Å². The molecule has 1 aromatic carbocycles. The standard InChI is InChI=1S/C14H18N2O4S/c1-10-9-13(7-6-12(10)5-4-8-15)21(18,19)16-11(2)14(17)20-3/h6-7,9,11,16H,8,15H2,1-3H3. The highest BCUT2D eigenvalue weighted by atomic mass is 32.2. The Labute approximate surface area is 124 Å². The molecule has 0 saturated heterocycles. The molecule has 1 unspecified atom stereocenters. The van der Waals surface area contributed by atoms with Crippen molar-refractivity contribution in [1.82, 2.24) is 4.72 Å². The minimum Gasteiger partial charge on any atom is -0.468 e. The molecule has 0 aliphatic rings. The van der Waals surface area contributed by atoms with E-state index in [1.165, 1.54) is 26.2 Å². The van der Waals surface area contributed by atoms with Crippen LogP contribution in [0.3, 0.4) is 0 Å². The Hall–Kier alpha value is -1.88. The van der Waals surface area contributed by atoms with Gasteiger partial charge < -0.3 is 10.5 Å². The lowest BCUT2D eigenvalue weighted by atomic mass is 10.1. The van der Waals surface area contributed by atoms with E-state index in [4.69, 9.17) is 5.73 Å². The molecule has 7 heteroatoms. The van der Waals surface area contributed by atoms with Crippen molar-refractivity contribution < 1.29 is 17.9 Å². The van der Waals surface area contributed by atoms with E-state index in [1.807, 2.05) is 0 Å². The number of ether oxygens (including phenoxy) is 1. The van der Waals surface area contributed by atoms with E-state index in [1.54, 1.807) is 13.0 Å². The molecule has 0 aliphatic carbocycles. The van der Waals surface area contributed by atoms with E-state index in [2.05, 4.69) is 21.3 Å². The third kappa shape index (κ3) is 4.56. The highest BCUT2D eigenvalue weighted by Crippen LogP contribution is 2.15. The van der Waals surface area contributed by atoms with Crippen molar-refractivity contribution in [2.75, 3.05) is 13.7 Å². The molecule has 0 bridgehead atoms. The second kappa shape index (κ2) is 7.22. The number of aryl methyl sites for hydroxylation is 1. The first-order valence-corrected chi connectivity index (χ1v) is 7.70. The molecule has 1 rings (SSSR count). The van der Waals surface area contributed by atoms with Gasteiger partial charge in [-0.25, -0.2) is 8.42 Å². The largest absolute Gasteiger partial charge is 0.468 e. The number of methoxy groups -OCH3 is 1. The summed E-state index contributed by atoms with van der Waals surface area (Å²) < 4.78 is 31.1. The van der Waals surface area contributed by atoms with Gasteiger partial charge in [0.25, 0.3) is 0 Å². The number of hydrogen-bond donors (Lipinski definition) is 2. The van der Waals surface area contributed by atoms with Crippen LogP contribution in [0.25, 0.3) is 0 Å². The lowest BCUT2D eigenvalue weighted by Gasteiger charge is -2.12. The fraction of sp³-hybridized carbons (Fsp3) is 0.357. The predicted molar refractivity (Wildman–Crippen MR) is 78.9 cm³/mol. The summed E-state index contributed by atoms with van der Waals surface area (Å²) in [5.74, 6) is 4.91. The molecule has 0 saturated carbocycles. The van der Waals surface area contributed by atoms with Crippen LogP contribution < -0.4 is 10.5 Å². The van der Waals surface area contributed by atoms with E-state index < -0.39 is 22.0 Å². The Morgan fingerprint density at radius 1 is 1.48 bits per heavy atom. The number of hydrogen-bond acceptors (Lipinski definition) is 5. The van der Waals surface area contributed by atoms with E-state index in [9.17, 15) is 13.2 Å². The smallest absolute Gasteiger partial charge is 0.323 e. The predicted octanol–water partition coefficient (Wildman–Crippen LogP) is 0.145. The van der Waals surface area contributed by atoms with Gasteiger partial charge in [-0.05, 0) is 37.6 Å². The maximum atomic E-state index is 12.2. The summed E-state index contributed by atoms with van der Waals surface area (Å²) in [5, 5.41) is 0. The molecule has 1 aromatic rings. The van der Waals surface area contributed by atoms with E-state index in [-0.39, 0.29) is 11.4 Å². The van der Waals surface area contributed by atoms with Gasteiger partial charge in [-0.2, -0.15) is 4.72 Å². The molecular weight excluding hydrogens is 292 g/mol. The lowest BCUT2D eigenvalue weighted by Crippen LogP contribution is -2.39. The first-order chi connectivity index (χ1) is 9.81. The van der Waals surface area contributed by atoms with Crippen LogP contribution in [0.1, 0.15) is 18.1 Å². The number of benzene rings is 1. The van der Waals surface area contributed by atoms with Crippen LogP contribution in [0.5, 0.6) is 0 Å². The number of carbonyl (C=O) groups excluding carboxylic acids is 1. The van der Waals surface area contributed by atoms with E-state index in [0.717, 1.165) is 0 Å². The molecule has 0 amide bonds. The maximum absolute atomic E-state index is 12.2. The highest BCUT2D eigenvalue weighted by Gasteiger charge is 2.22. The highest BCUT2D eigenvalue weighted by molar-refractivity contribution is 7.89. The first-order valence-electron chi connectivity index (χ1n) is 6.21. The Morgan fingerprint density at radius 2 is 2.14 bits per heavy atom. The first kappa shape index (κ1) is 17.2. The van der Waals surface area contributed by atoms with E-state index >= 15 is 0 Å². The third-order valence-electron chi connectivity index (χ3n) is 2.72. The third-order valence-corrected chi connectivity index (χ3v) is 4.26. The molecule has 114 valence electrons. The molecular formula is C14H18N2O4S. The summed E-state index contributed by atoms with van der Waals surface area (Å²) in [6.07, 6.45) is 0. The Kier molecular flexibility index (Phi) is 5.90. The normalized spacial score (nSPS) is 12.2. The molecule has 0 aromatic heterocycles. The van der Waals surface area contributed by atoms with Crippen molar-refractivity contribution in [1.29, 1.82) is 0 Å². The number of sulfonamides is 1. The van der Waals surface area contributed by atoms with Gasteiger partial charge >= 0.3 is 5.97 Å². The van der Waals surface area contributed by atoms with Crippen LogP contribution in [0.2, 0.25) is 0 Å². The van der Waals surface area contributed by atoms with Gasteiger partial charge in [0.2, 0.25) is 10.0 Å². The van der Waals surface area contributed by atoms with Gasteiger partial charge in [0.05, 0.1) is 18.6 Å². The van der Waals surface area contributed by atoms with Crippen molar-refractivity contribution in [2.45, 2.75) is 24.8 Å². The van der Waals surface area contributed by atoms with Crippen LogP contribution in [0.4, 0.5) is 0 Å². The molecule has 0 fully saturated rings. The lowest BCUT2D eigenvalue weighted by molar-refractivity contribution is -0.142. The maximum Gasteiger partial charge on any atom is 0.323 e. The Balaban J connectivity index is 3.05.